The Balaban J connectivity index is 0. The Morgan fingerprint density at radius 1 is 0.606 bits per heavy atom. The first-order valence-electron chi connectivity index (χ1n) is 15.0. The van der Waals surface area contributed by atoms with Crippen LogP contribution in [0.3, 0.4) is 0 Å². The smallest absolute Gasteiger partial charge is 0 e. The molecule has 0 spiro atoms. The van der Waals surface area contributed by atoms with Crippen LogP contribution >= 0.6 is 0 Å². The Bertz CT molecular complexity index is 571. The Morgan fingerprint density at radius 2 is 1.03 bits per heavy atom. The molecule has 0 atom stereocenters. The second-order valence-electron chi connectivity index (χ2n) is 12.4. The van der Waals surface area contributed by atoms with Gasteiger partial charge in [0.25, 0.3) is 0 Å². The summed E-state index contributed by atoms with van der Waals surface area (Å²) in [5.74, 6) is 7.94. The summed E-state index contributed by atoms with van der Waals surface area (Å²) in [6.45, 7) is 12.4. The van der Waals surface area contributed by atoms with Crippen molar-refractivity contribution in [3.05, 3.63) is 37.5 Å². The standard InChI is InChI=1S/C17H28.C16H28.4H2/c1-3-5-15-8-12-17(13-9-15)16-10-6-14(4-2)7-11-16;1-3-4-14-7-11-16(12-8-14)15-9-5-13(2)6-10-15;;;;/h3-5,14-17H,2,6-13H2,1H3;3,13-16H,1,4-12H2,2H3;4*1H/b5-3+;;;;;. The number of hydrogen-bond acceptors (Lipinski definition) is 0. The van der Waals surface area contributed by atoms with Gasteiger partial charge < -0.3 is 0 Å². The van der Waals surface area contributed by atoms with E-state index < -0.39 is 0 Å². The van der Waals surface area contributed by atoms with Crippen molar-refractivity contribution >= 4 is 0 Å². The molecule has 0 saturated heterocycles. The van der Waals surface area contributed by atoms with E-state index in [0.29, 0.717) is 0 Å². The predicted octanol–water partition coefficient (Wildman–Crippen LogP) is 11.5. The van der Waals surface area contributed by atoms with E-state index in [4.69, 9.17) is 0 Å². The maximum atomic E-state index is 3.94. The molecule has 4 fully saturated rings. The van der Waals surface area contributed by atoms with Gasteiger partial charge in [0, 0.05) is 5.71 Å². The molecule has 0 aromatic heterocycles. The molecule has 0 aromatic carbocycles. The van der Waals surface area contributed by atoms with Crippen LogP contribution in [0.25, 0.3) is 0 Å². The maximum Gasteiger partial charge on any atom is 0 e. The van der Waals surface area contributed by atoms with Crippen molar-refractivity contribution in [1.29, 1.82) is 0 Å². The first kappa shape index (κ1) is 26.8. The van der Waals surface area contributed by atoms with Crippen molar-refractivity contribution in [3.8, 4) is 0 Å². The molecule has 0 unspecified atom stereocenters. The molecule has 0 amide bonds. The average molecular weight is 461 g/mol. The van der Waals surface area contributed by atoms with Crippen molar-refractivity contribution in [3.63, 3.8) is 0 Å². The molecule has 0 bridgehead atoms. The lowest BCUT2D eigenvalue weighted by Crippen LogP contribution is -2.25. The zero-order chi connectivity index (χ0) is 23.5. The lowest BCUT2D eigenvalue weighted by molar-refractivity contribution is 0.151. The second-order valence-corrected chi connectivity index (χ2v) is 12.4. The van der Waals surface area contributed by atoms with Gasteiger partial charge in [-0.15, -0.1) is 13.2 Å². The molecule has 0 radical (unpaired) electrons. The fraction of sp³-hybridized carbons (Fsp3) is 0.818. The van der Waals surface area contributed by atoms with Crippen LogP contribution in [0.4, 0.5) is 0 Å². The van der Waals surface area contributed by atoms with E-state index >= 15 is 0 Å². The number of rotatable bonds is 6. The summed E-state index contributed by atoms with van der Waals surface area (Å²) >= 11 is 0. The highest BCUT2D eigenvalue weighted by molar-refractivity contribution is 4.92. The van der Waals surface area contributed by atoms with Crippen molar-refractivity contribution < 1.29 is 5.71 Å². The molecule has 4 saturated carbocycles. The molecule has 0 N–H and O–H groups in total. The first-order chi connectivity index (χ1) is 16.1. The average Bonchev–Trinajstić information content (AvgIpc) is 2.86. The maximum absolute atomic E-state index is 3.94. The Labute approximate surface area is 213 Å². The van der Waals surface area contributed by atoms with Gasteiger partial charge in [0.2, 0.25) is 0 Å². The van der Waals surface area contributed by atoms with E-state index in [-0.39, 0.29) is 5.71 Å². The summed E-state index contributed by atoms with van der Waals surface area (Å²) in [4.78, 5) is 0. The van der Waals surface area contributed by atoms with E-state index in [9.17, 15) is 0 Å². The van der Waals surface area contributed by atoms with Crippen LogP contribution < -0.4 is 0 Å². The summed E-state index contributed by atoms with van der Waals surface area (Å²) in [6, 6.07) is 0. The largest absolute Gasteiger partial charge is 0.103 e. The SMILES string of the molecule is C=CC1CCC(C2CCC(/C=C/C)CC2)CC1.C=CCC1CCC(C2CCC(C)CC2)CC1.[HH].[HH].[HH].[HH]. The Morgan fingerprint density at radius 3 is 1.45 bits per heavy atom. The van der Waals surface area contributed by atoms with E-state index in [0.717, 1.165) is 47.3 Å². The molecule has 33 heavy (non-hydrogen) atoms. The molecule has 4 aliphatic rings. The van der Waals surface area contributed by atoms with Gasteiger partial charge in [-0.2, -0.15) is 0 Å². The third-order valence-electron chi connectivity index (χ3n) is 10.2. The van der Waals surface area contributed by atoms with Gasteiger partial charge in [0.05, 0.1) is 0 Å². The van der Waals surface area contributed by atoms with Crippen molar-refractivity contribution in [2.45, 2.75) is 123 Å². The van der Waals surface area contributed by atoms with Gasteiger partial charge in [-0.25, -0.2) is 0 Å². The van der Waals surface area contributed by atoms with Crippen LogP contribution in [-0.2, 0) is 0 Å². The van der Waals surface area contributed by atoms with Crippen molar-refractivity contribution in [2.24, 2.45) is 47.3 Å². The lowest BCUT2D eigenvalue weighted by atomic mass is 9.69. The van der Waals surface area contributed by atoms with E-state index in [1.54, 1.807) is 0 Å². The van der Waals surface area contributed by atoms with E-state index in [1.165, 1.54) is 109 Å². The van der Waals surface area contributed by atoms with E-state index in [2.05, 4.69) is 51.3 Å². The highest BCUT2D eigenvalue weighted by Gasteiger charge is 2.30. The summed E-state index contributed by atoms with van der Waals surface area (Å²) in [7, 11) is 0. The van der Waals surface area contributed by atoms with Crippen LogP contribution in [0, 0.1) is 47.3 Å². The van der Waals surface area contributed by atoms with Crippen molar-refractivity contribution in [2.75, 3.05) is 0 Å². The minimum atomic E-state index is 0. The topological polar surface area (TPSA) is 0 Å². The van der Waals surface area contributed by atoms with Gasteiger partial charge in [0.15, 0.2) is 0 Å². The summed E-state index contributed by atoms with van der Waals surface area (Å²) < 4.78 is 0. The lowest BCUT2D eigenvalue weighted by Gasteiger charge is -2.37. The summed E-state index contributed by atoms with van der Waals surface area (Å²) in [5.41, 5.74) is 0. The van der Waals surface area contributed by atoms with Gasteiger partial charge in [-0.05, 0) is 151 Å². The van der Waals surface area contributed by atoms with Gasteiger partial charge in [-0.3, -0.25) is 0 Å². The van der Waals surface area contributed by atoms with Crippen LogP contribution in [0.2, 0.25) is 0 Å². The minimum Gasteiger partial charge on any atom is -0.103 e. The monoisotopic (exact) mass is 461 g/mol. The van der Waals surface area contributed by atoms with Crippen molar-refractivity contribution in [1.82, 2.24) is 0 Å². The molecule has 0 nitrogen and oxygen atoms in total. The molecule has 4 rings (SSSR count). The normalized spacial score (nSPS) is 39.9. The summed E-state index contributed by atoms with van der Waals surface area (Å²) in [6.07, 6.45) is 33.8. The zero-order valence-corrected chi connectivity index (χ0v) is 22.4. The number of allylic oxidation sites excluding steroid dienone is 4. The zero-order valence-electron chi connectivity index (χ0n) is 22.4. The minimum absolute atomic E-state index is 0. The molecule has 4 aliphatic carbocycles. The highest BCUT2D eigenvalue weighted by Crippen LogP contribution is 2.43. The van der Waals surface area contributed by atoms with Gasteiger partial charge >= 0.3 is 0 Å². The Kier molecular flexibility index (Phi) is 11.8. The molecule has 0 aliphatic heterocycles. The van der Waals surface area contributed by atoms with Crippen LogP contribution in [0.15, 0.2) is 37.5 Å². The van der Waals surface area contributed by atoms with Crippen LogP contribution in [0.5, 0.6) is 0 Å². The fourth-order valence-electron chi connectivity index (χ4n) is 7.82. The first-order valence-corrected chi connectivity index (χ1v) is 15.0. The van der Waals surface area contributed by atoms with E-state index in [1.807, 2.05) is 0 Å². The molecule has 0 heteroatoms. The third-order valence-corrected chi connectivity index (χ3v) is 10.2. The predicted molar refractivity (Wildman–Crippen MR) is 156 cm³/mol. The molecular weight excluding hydrogens is 396 g/mol. The quantitative estimate of drug-likeness (QED) is 0.346. The Hall–Kier alpha value is -0.780. The van der Waals surface area contributed by atoms with Gasteiger partial charge in [0.1, 0.15) is 0 Å². The molecule has 0 aromatic rings. The molecular formula is C33H64. The molecule has 196 valence electrons. The van der Waals surface area contributed by atoms with Gasteiger partial charge in [-0.1, -0.05) is 44.1 Å². The second kappa shape index (κ2) is 14.6. The number of hydrogen-bond donors (Lipinski definition) is 0. The van der Waals surface area contributed by atoms with Crippen LogP contribution in [0.1, 0.15) is 129 Å². The van der Waals surface area contributed by atoms with Crippen LogP contribution in [-0.4, -0.2) is 0 Å². The highest BCUT2D eigenvalue weighted by atomic mass is 14.4. The fourth-order valence-corrected chi connectivity index (χ4v) is 7.82. The summed E-state index contributed by atoms with van der Waals surface area (Å²) in [5, 5.41) is 0. The molecule has 0 heterocycles. The third kappa shape index (κ3) is 8.74.